The van der Waals surface area contributed by atoms with Gasteiger partial charge in [-0.25, -0.2) is 9.59 Å². The zero-order valence-electron chi connectivity index (χ0n) is 10.7. The van der Waals surface area contributed by atoms with Gasteiger partial charge in [0, 0.05) is 0 Å². The summed E-state index contributed by atoms with van der Waals surface area (Å²) in [4.78, 5) is 34.8. The van der Waals surface area contributed by atoms with Gasteiger partial charge in [0.1, 0.15) is 11.3 Å². The largest absolute Gasteiger partial charge is 0.465 e. The Balaban J connectivity index is 3.02. The predicted molar refractivity (Wildman–Crippen MR) is 65.0 cm³/mol. The van der Waals surface area contributed by atoms with Gasteiger partial charge in [-0.2, -0.15) is 0 Å². The number of ether oxygens (including phenoxy) is 2. The van der Waals surface area contributed by atoms with Gasteiger partial charge in [0.2, 0.25) is 0 Å². The summed E-state index contributed by atoms with van der Waals surface area (Å²) in [6.45, 7) is 3.29. The van der Waals surface area contributed by atoms with Crippen molar-refractivity contribution in [3.05, 3.63) is 29.7 Å². The van der Waals surface area contributed by atoms with Crippen molar-refractivity contribution in [2.45, 2.75) is 13.8 Å². The van der Waals surface area contributed by atoms with E-state index in [1.165, 1.54) is 12.3 Å². The minimum absolute atomic E-state index is 0.0431. The fourth-order valence-corrected chi connectivity index (χ4v) is 1.25. The maximum absolute atomic E-state index is 11.8. The second-order valence-electron chi connectivity index (χ2n) is 3.34. The van der Waals surface area contributed by atoms with Crippen LogP contribution in [-0.2, 0) is 23.9 Å². The number of hydrogen-bond donors (Lipinski definition) is 0. The van der Waals surface area contributed by atoms with Crippen molar-refractivity contribution < 1.29 is 28.3 Å². The standard InChI is InChI=1S/C13H14O6/c1-3-17-12(15)10(8-9-6-5-7-19-9)11(14)13(16)18-4-2/h5-8H,3-4H2,1-2H3. The van der Waals surface area contributed by atoms with Gasteiger partial charge in [0.15, 0.2) is 0 Å². The lowest BCUT2D eigenvalue weighted by molar-refractivity contribution is -0.153. The molecule has 1 aromatic rings. The highest BCUT2D eigenvalue weighted by atomic mass is 16.5. The molecule has 0 aliphatic heterocycles. The molecule has 1 heterocycles. The molecular weight excluding hydrogens is 252 g/mol. The van der Waals surface area contributed by atoms with Gasteiger partial charge in [0.05, 0.1) is 19.5 Å². The van der Waals surface area contributed by atoms with E-state index in [4.69, 9.17) is 9.15 Å². The minimum Gasteiger partial charge on any atom is -0.465 e. The molecule has 0 spiro atoms. The van der Waals surface area contributed by atoms with Crippen molar-refractivity contribution in [3.8, 4) is 0 Å². The smallest absolute Gasteiger partial charge is 0.379 e. The van der Waals surface area contributed by atoms with Crippen molar-refractivity contribution in [2.24, 2.45) is 0 Å². The molecule has 0 saturated carbocycles. The summed E-state index contributed by atoms with van der Waals surface area (Å²) < 4.78 is 14.3. The van der Waals surface area contributed by atoms with Crippen LogP contribution in [0.2, 0.25) is 0 Å². The molecule has 0 N–H and O–H groups in total. The van der Waals surface area contributed by atoms with Crippen LogP contribution >= 0.6 is 0 Å². The Morgan fingerprint density at radius 3 is 2.32 bits per heavy atom. The first-order valence-electron chi connectivity index (χ1n) is 5.73. The first-order chi connectivity index (χ1) is 9.10. The molecule has 0 aromatic carbocycles. The van der Waals surface area contributed by atoms with Gasteiger partial charge in [-0.05, 0) is 32.1 Å². The van der Waals surface area contributed by atoms with E-state index in [1.807, 2.05) is 0 Å². The van der Waals surface area contributed by atoms with E-state index >= 15 is 0 Å². The monoisotopic (exact) mass is 266 g/mol. The number of furan rings is 1. The lowest BCUT2D eigenvalue weighted by Gasteiger charge is -2.05. The molecule has 0 unspecified atom stereocenters. The quantitative estimate of drug-likeness (QED) is 0.254. The third-order valence-corrected chi connectivity index (χ3v) is 2.03. The van der Waals surface area contributed by atoms with Gasteiger partial charge >= 0.3 is 11.9 Å². The number of carbonyl (C=O) groups excluding carboxylic acids is 3. The van der Waals surface area contributed by atoms with E-state index in [2.05, 4.69) is 4.74 Å². The molecular formula is C13H14O6. The summed E-state index contributed by atoms with van der Waals surface area (Å²) in [6.07, 6.45) is 2.53. The van der Waals surface area contributed by atoms with Crippen molar-refractivity contribution in [1.29, 1.82) is 0 Å². The van der Waals surface area contributed by atoms with Crippen molar-refractivity contribution in [2.75, 3.05) is 13.2 Å². The predicted octanol–water partition coefficient (Wildman–Crippen LogP) is 1.36. The summed E-state index contributed by atoms with van der Waals surface area (Å²) in [5, 5.41) is 0. The lowest BCUT2D eigenvalue weighted by atomic mass is 10.1. The molecule has 0 aliphatic carbocycles. The van der Waals surface area contributed by atoms with Crippen LogP contribution in [0.4, 0.5) is 0 Å². The van der Waals surface area contributed by atoms with Crippen LogP contribution in [-0.4, -0.2) is 30.9 Å². The van der Waals surface area contributed by atoms with E-state index in [0.717, 1.165) is 6.08 Å². The van der Waals surface area contributed by atoms with Crippen LogP contribution in [0.3, 0.4) is 0 Å². The van der Waals surface area contributed by atoms with Crippen molar-refractivity contribution >= 4 is 23.8 Å². The van der Waals surface area contributed by atoms with Crippen LogP contribution < -0.4 is 0 Å². The van der Waals surface area contributed by atoms with Crippen LogP contribution in [0.25, 0.3) is 6.08 Å². The Bertz CT molecular complexity index is 483. The normalized spacial score (nSPS) is 10.9. The Labute approximate surface area is 110 Å². The van der Waals surface area contributed by atoms with E-state index in [0.29, 0.717) is 0 Å². The van der Waals surface area contributed by atoms with Gasteiger partial charge < -0.3 is 13.9 Å². The Morgan fingerprint density at radius 2 is 1.79 bits per heavy atom. The van der Waals surface area contributed by atoms with Crippen molar-refractivity contribution in [1.82, 2.24) is 0 Å². The molecule has 1 aromatic heterocycles. The molecule has 1 rings (SSSR count). The van der Waals surface area contributed by atoms with Crippen LogP contribution in [0.1, 0.15) is 19.6 Å². The molecule has 0 amide bonds. The SMILES string of the molecule is CCOC(=O)C(=O)C(=Cc1ccco1)C(=O)OCC. The number of carbonyl (C=O) groups is 3. The number of ketones is 1. The molecule has 0 radical (unpaired) electrons. The zero-order valence-corrected chi connectivity index (χ0v) is 10.7. The Hall–Kier alpha value is -2.37. The number of esters is 2. The fourth-order valence-electron chi connectivity index (χ4n) is 1.25. The third-order valence-electron chi connectivity index (χ3n) is 2.03. The van der Waals surface area contributed by atoms with Crippen LogP contribution in [0, 0.1) is 0 Å². The van der Waals surface area contributed by atoms with Crippen molar-refractivity contribution in [3.63, 3.8) is 0 Å². The fraction of sp³-hybridized carbons (Fsp3) is 0.308. The zero-order chi connectivity index (χ0) is 14.3. The maximum Gasteiger partial charge on any atom is 0.379 e. The highest BCUT2D eigenvalue weighted by molar-refractivity contribution is 6.47. The molecule has 6 nitrogen and oxygen atoms in total. The Kier molecular flexibility index (Phi) is 5.53. The van der Waals surface area contributed by atoms with E-state index in [9.17, 15) is 14.4 Å². The number of Topliss-reactive ketones (excluding diaryl/α,β-unsaturated/α-hetero) is 1. The molecule has 0 bridgehead atoms. The van der Waals surface area contributed by atoms with Gasteiger partial charge in [-0.1, -0.05) is 0 Å². The van der Waals surface area contributed by atoms with E-state index in [1.54, 1.807) is 19.9 Å². The number of hydrogen-bond acceptors (Lipinski definition) is 6. The summed E-state index contributed by atoms with van der Waals surface area (Å²) in [5.74, 6) is -2.79. The lowest BCUT2D eigenvalue weighted by Crippen LogP contribution is -2.25. The van der Waals surface area contributed by atoms with E-state index in [-0.39, 0.29) is 19.0 Å². The average molecular weight is 266 g/mol. The summed E-state index contributed by atoms with van der Waals surface area (Å²) in [5.41, 5.74) is -0.421. The molecule has 19 heavy (non-hydrogen) atoms. The van der Waals surface area contributed by atoms with Gasteiger partial charge in [-0.3, -0.25) is 4.79 Å². The number of rotatable bonds is 6. The molecule has 6 heteroatoms. The Morgan fingerprint density at radius 1 is 1.16 bits per heavy atom. The molecule has 0 aliphatic rings. The van der Waals surface area contributed by atoms with Crippen LogP contribution in [0.15, 0.2) is 28.4 Å². The van der Waals surface area contributed by atoms with Crippen LogP contribution in [0.5, 0.6) is 0 Å². The first kappa shape index (κ1) is 14.7. The molecule has 102 valence electrons. The highest BCUT2D eigenvalue weighted by Crippen LogP contribution is 2.11. The third kappa shape index (κ3) is 4.09. The molecule has 0 fully saturated rings. The summed E-state index contributed by atoms with van der Waals surface area (Å²) in [7, 11) is 0. The minimum atomic E-state index is -1.10. The summed E-state index contributed by atoms with van der Waals surface area (Å²) in [6, 6.07) is 3.13. The molecule has 0 atom stereocenters. The van der Waals surface area contributed by atoms with Gasteiger partial charge in [-0.15, -0.1) is 0 Å². The van der Waals surface area contributed by atoms with Gasteiger partial charge in [0.25, 0.3) is 5.78 Å². The maximum atomic E-state index is 11.8. The first-order valence-corrected chi connectivity index (χ1v) is 5.73. The second-order valence-corrected chi connectivity index (χ2v) is 3.34. The van der Waals surface area contributed by atoms with E-state index < -0.39 is 23.3 Å². The highest BCUT2D eigenvalue weighted by Gasteiger charge is 2.27. The topological polar surface area (TPSA) is 82.8 Å². The molecule has 0 saturated heterocycles. The summed E-state index contributed by atoms with van der Waals surface area (Å²) >= 11 is 0. The second kappa shape index (κ2) is 7.15. The average Bonchev–Trinajstić information content (AvgIpc) is 2.88.